The number of primary amides is 1. The predicted molar refractivity (Wildman–Crippen MR) is 73.5 cm³/mol. The molecule has 1 heterocycles. The molecule has 0 bridgehead atoms. The molecule has 0 spiro atoms. The van der Waals surface area contributed by atoms with Gasteiger partial charge in [0.15, 0.2) is 0 Å². The highest BCUT2D eigenvalue weighted by Crippen LogP contribution is 2.16. The smallest absolute Gasteiger partial charge is 0.336 e. The largest absolute Gasteiger partial charge is 0.426 e. The minimum absolute atomic E-state index is 0.0560. The Morgan fingerprint density at radius 3 is 2.80 bits per heavy atom. The van der Waals surface area contributed by atoms with E-state index in [2.05, 4.69) is 5.32 Å². The predicted octanol–water partition coefficient (Wildman–Crippen LogP) is -0.724. The molecule has 0 aliphatic heterocycles. The Kier molecular flexibility index (Phi) is 6.18. The first-order chi connectivity index (χ1) is 9.58. The second kappa shape index (κ2) is 7.90. The maximum atomic E-state index is 11.4. The fourth-order valence-corrected chi connectivity index (χ4v) is 1.71. The third-order valence-electron chi connectivity index (χ3n) is 2.59. The van der Waals surface area contributed by atoms with Crippen LogP contribution in [0.2, 0.25) is 0 Å². The lowest BCUT2D eigenvalue weighted by Gasteiger charge is -2.08. The average molecular weight is 279 g/mol. The Bertz CT molecular complexity index is 563. The Labute approximate surface area is 115 Å². The molecule has 0 aliphatic carbocycles. The fourth-order valence-electron chi connectivity index (χ4n) is 1.71. The lowest BCUT2D eigenvalue weighted by Crippen LogP contribution is -2.15. The molecule has 5 N–H and O–H groups in total. The van der Waals surface area contributed by atoms with E-state index < -0.39 is 11.5 Å². The van der Waals surface area contributed by atoms with E-state index in [1.807, 2.05) is 0 Å². The number of carbonyl (C=O) groups is 2. The topological polar surface area (TPSA) is 128 Å². The van der Waals surface area contributed by atoms with E-state index in [0.29, 0.717) is 36.3 Å². The number of nitrogens with one attached hydrogen (secondary N) is 1. The van der Waals surface area contributed by atoms with Crippen molar-refractivity contribution in [1.29, 1.82) is 0 Å². The quantitative estimate of drug-likeness (QED) is 0.427. The number of amides is 2. The van der Waals surface area contributed by atoms with Crippen molar-refractivity contribution < 1.29 is 14.0 Å². The van der Waals surface area contributed by atoms with Gasteiger partial charge in [-0.2, -0.15) is 0 Å². The van der Waals surface area contributed by atoms with Crippen LogP contribution in [0, 0.1) is 0 Å². The first kappa shape index (κ1) is 15.6. The van der Waals surface area contributed by atoms with Gasteiger partial charge in [0.1, 0.15) is 5.76 Å². The molecule has 0 saturated carbocycles. The van der Waals surface area contributed by atoms with Crippen LogP contribution < -0.4 is 22.4 Å². The number of hydrogen-bond acceptors (Lipinski definition) is 5. The van der Waals surface area contributed by atoms with E-state index in [9.17, 15) is 14.4 Å². The Morgan fingerprint density at radius 2 is 2.20 bits per heavy atom. The summed E-state index contributed by atoms with van der Waals surface area (Å²) in [6.45, 7) is 0.391. The number of carbonyl (C=O) groups excluding carboxylic acids is 2. The lowest BCUT2D eigenvalue weighted by molar-refractivity contribution is -0.118. The molecule has 1 rings (SSSR count). The Hall–Kier alpha value is -2.41. The number of hydrogen-bond donors (Lipinski definition) is 3. The summed E-state index contributed by atoms with van der Waals surface area (Å²) < 4.78 is 5.02. The van der Waals surface area contributed by atoms with E-state index in [1.54, 1.807) is 12.2 Å². The molecule has 7 heteroatoms. The van der Waals surface area contributed by atoms with Crippen LogP contribution >= 0.6 is 0 Å². The van der Waals surface area contributed by atoms with Crippen molar-refractivity contribution in [2.45, 2.75) is 19.4 Å². The molecule has 108 valence electrons. The van der Waals surface area contributed by atoms with Gasteiger partial charge in [0, 0.05) is 24.6 Å². The van der Waals surface area contributed by atoms with Gasteiger partial charge in [0.25, 0.3) is 0 Å². The standard InChI is InChI=1S/C13H17N3O4/c14-7-11-10(2-1-5-16-8-17)9(3-4-12(15)18)6-13(19)20-11/h1-2,6,8H,3-5,7,14H2,(H2,15,18)(H,16,17)/b2-1-. The third kappa shape index (κ3) is 4.69. The van der Waals surface area contributed by atoms with Crippen molar-refractivity contribution in [3.8, 4) is 0 Å². The molecule has 0 fully saturated rings. The summed E-state index contributed by atoms with van der Waals surface area (Å²) in [5, 5.41) is 2.47. The van der Waals surface area contributed by atoms with Crippen LogP contribution in [-0.4, -0.2) is 18.9 Å². The van der Waals surface area contributed by atoms with E-state index in [1.165, 1.54) is 6.07 Å². The molecular weight excluding hydrogens is 262 g/mol. The molecule has 1 aromatic rings. The first-order valence-corrected chi connectivity index (χ1v) is 6.06. The second-order valence-electron chi connectivity index (χ2n) is 4.03. The number of aryl methyl sites for hydroxylation is 1. The molecule has 0 unspecified atom stereocenters. The molecule has 1 aromatic heterocycles. The van der Waals surface area contributed by atoms with E-state index in [-0.39, 0.29) is 13.0 Å². The molecule has 0 aromatic carbocycles. The summed E-state index contributed by atoms with van der Waals surface area (Å²) in [5.74, 6) is -0.121. The van der Waals surface area contributed by atoms with Gasteiger partial charge in [-0.15, -0.1) is 0 Å². The van der Waals surface area contributed by atoms with Crippen LogP contribution in [-0.2, 0) is 22.6 Å². The van der Waals surface area contributed by atoms with Crippen molar-refractivity contribution in [2.24, 2.45) is 11.5 Å². The second-order valence-corrected chi connectivity index (χ2v) is 4.03. The van der Waals surface area contributed by atoms with Crippen LogP contribution in [0.1, 0.15) is 23.3 Å². The van der Waals surface area contributed by atoms with Crippen molar-refractivity contribution in [3.63, 3.8) is 0 Å². The number of rotatable bonds is 8. The minimum Gasteiger partial charge on any atom is -0.426 e. The van der Waals surface area contributed by atoms with E-state index in [4.69, 9.17) is 15.9 Å². The van der Waals surface area contributed by atoms with Crippen LogP contribution in [0.25, 0.3) is 6.08 Å². The maximum absolute atomic E-state index is 11.4. The highest BCUT2D eigenvalue weighted by Gasteiger charge is 2.10. The summed E-state index contributed by atoms with van der Waals surface area (Å²) in [6.07, 6.45) is 4.41. The molecule has 0 aliphatic rings. The lowest BCUT2D eigenvalue weighted by atomic mass is 10.0. The van der Waals surface area contributed by atoms with Crippen molar-refractivity contribution in [3.05, 3.63) is 39.4 Å². The first-order valence-electron chi connectivity index (χ1n) is 6.06. The van der Waals surface area contributed by atoms with Crippen LogP contribution in [0.15, 0.2) is 21.4 Å². The maximum Gasteiger partial charge on any atom is 0.336 e. The molecule has 7 nitrogen and oxygen atoms in total. The number of nitrogens with two attached hydrogens (primary N) is 2. The highest BCUT2D eigenvalue weighted by atomic mass is 16.4. The van der Waals surface area contributed by atoms with Gasteiger partial charge in [0.05, 0.1) is 6.54 Å². The van der Waals surface area contributed by atoms with Gasteiger partial charge < -0.3 is 21.2 Å². The van der Waals surface area contributed by atoms with E-state index >= 15 is 0 Å². The van der Waals surface area contributed by atoms with Gasteiger partial charge in [-0.25, -0.2) is 4.79 Å². The summed E-state index contributed by atoms with van der Waals surface area (Å²) in [5.41, 5.74) is 11.4. The molecule has 2 amide bonds. The molecule has 0 radical (unpaired) electrons. The third-order valence-corrected chi connectivity index (χ3v) is 2.59. The molecule has 0 saturated heterocycles. The van der Waals surface area contributed by atoms with Crippen LogP contribution in [0.5, 0.6) is 0 Å². The summed E-state index contributed by atoms with van der Waals surface area (Å²) in [4.78, 5) is 32.4. The SMILES string of the molecule is NCc1oc(=O)cc(CCC(N)=O)c1/C=C\CNC=O. The molecular formula is C13H17N3O4. The van der Waals surface area contributed by atoms with Gasteiger partial charge in [0.2, 0.25) is 12.3 Å². The normalized spacial score (nSPS) is 10.7. The summed E-state index contributed by atoms with van der Waals surface area (Å²) in [6, 6.07) is 1.31. The highest BCUT2D eigenvalue weighted by molar-refractivity contribution is 5.74. The monoisotopic (exact) mass is 279 g/mol. The van der Waals surface area contributed by atoms with Gasteiger partial charge in [-0.3, -0.25) is 9.59 Å². The fraction of sp³-hybridized carbons (Fsp3) is 0.308. The molecule has 20 heavy (non-hydrogen) atoms. The van der Waals surface area contributed by atoms with Crippen molar-refractivity contribution >= 4 is 18.4 Å². The average Bonchev–Trinajstić information content (AvgIpc) is 2.42. The summed E-state index contributed by atoms with van der Waals surface area (Å²) in [7, 11) is 0. The van der Waals surface area contributed by atoms with E-state index in [0.717, 1.165) is 0 Å². The van der Waals surface area contributed by atoms with Gasteiger partial charge >= 0.3 is 5.63 Å². The molecule has 0 atom stereocenters. The van der Waals surface area contributed by atoms with Crippen molar-refractivity contribution in [2.75, 3.05) is 6.54 Å². The van der Waals surface area contributed by atoms with Crippen molar-refractivity contribution in [1.82, 2.24) is 5.32 Å². The van der Waals surface area contributed by atoms with Crippen LogP contribution in [0.3, 0.4) is 0 Å². The zero-order valence-corrected chi connectivity index (χ0v) is 10.9. The Morgan fingerprint density at radius 1 is 1.45 bits per heavy atom. The Balaban J connectivity index is 3.08. The zero-order chi connectivity index (χ0) is 15.0. The minimum atomic E-state index is -0.520. The van der Waals surface area contributed by atoms with Crippen LogP contribution in [0.4, 0.5) is 0 Å². The zero-order valence-electron chi connectivity index (χ0n) is 10.9. The van der Waals surface area contributed by atoms with Gasteiger partial charge in [-0.05, 0) is 12.0 Å². The summed E-state index contributed by atoms with van der Waals surface area (Å²) >= 11 is 0. The van der Waals surface area contributed by atoms with Gasteiger partial charge in [-0.1, -0.05) is 12.2 Å².